The zero-order valence-corrected chi connectivity index (χ0v) is 23.9. The lowest BCUT2D eigenvalue weighted by Gasteiger charge is -2.22. The van der Waals surface area contributed by atoms with Crippen LogP contribution in [0.2, 0.25) is 10.0 Å². The van der Waals surface area contributed by atoms with E-state index in [2.05, 4.69) is 20.7 Å². The third kappa shape index (κ3) is 8.34. The smallest absolute Gasteiger partial charge is 0.262 e. The van der Waals surface area contributed by atoms with Gasteiger partial charge >= 0.3 is 0 Å². The molecule has 212 valence electrons. The van der Waals surface area contributed by atoms with E-state index >= 15 is 0 Å². The lowest BCUT2D eigenvalue weighted by atomic mass is 9.98. The summed E-state index contributed by atoms with van der Waals surface area (Å²) in [5.74, 6) is 0.515. The molecule has 0 aliphatic carbocycles. The molecule has 1 heterocycles. The van der Waals surface area contributed by atoms with Crippen molar-refractivity contribution in [2.75, 3.05) is 30.9 Å². The fourth-order valence-electron chi connectivity index (χ4n) is 4.13. The van der Waals surface area contributed by atoms with Crippen molar-refractivity contribution in [1.82, 2.24) is 16.0 Å². The molecule has 2 amide bonds. The van der Waals surface area contributed by atoms with Crippen molar-refractivity contribution >= 4 is 50.7 Å². The number of rotatable bonds is 11. The average molecular weight is 606 g/mol. The Labute approximate surface area is 243 Å². The first-order chi connectivity index (χ1) is 19.2. The summed E-state index contributed by atoms with van der Waals surface area (Å²) >= 11 is 12.1. The Morgan fingerprint density at radius 2 is 1.65 bits per heavy atom. The van der Waals surface area contributed by atoms with Crippen LogP contribution < -0.4 is 25.4 Å². The predicted octanol–water partition coefficient (Wildman–Crippen LogP) is 4.82. The first-order valence-corrected chi connectivity index (χ1v) is 15.1. The molecule has 1 saturated heterocycles. The highest BCUT2D eigenvalue weighted by atomic mass is 35.5. The van der Waals surface area contributed by atoms with Gasteiger partial charge in [0.15, 0.2) is 5.75 Å². The fourth-order valence-corrected chi connectivity index (χ4v) is 5.65. The molecule has 40 heavy (non-hydrogen) atoms. The zero-order valence-electron chi connectivity index (χ0n) is 21.6. The number of anilines is 1. The highest BCUT2D eigenvalue weighted by molar-refractivity contribution is 7.92. The Morgan fingerprint density at radius 1 is 0.925 bits per heavy atom. The maximum atomic E-state index is 13.1. The van der Waals surface area contributed by atoms with Crippen molar-refractivity contribution in [1.29, 1.82) is 0 Å². The fraction of sp³-hybridized carbons (Fsp3) is 0.286. The van der Waals surface area contributed by atoms with E-state index < -0.39 is 15.9 Å². The number of carbonyl (C=O) groups excluding carboxylic acids is 2. The number of ether oxygens (including phenoxy) is 1. The normalized spacial score (nSPS) is 13.8. The first kappa shape index (κ1) is 29.7. The number of halogens is 2. The zero-order chi connectivity index (χ0) is 28.5. The van der Waals surface area contributed by atoms with Gasteiger partial charge in [-0.25, -0.2) is 8.42 Å². The molecule has 12 heteroatoms. The van der Waals surface area contributed by atoms with Gasteiger partial charge in [0.2, 0.25) is 5.91 Å². The summed E-state index contributed by atoms with van der Waals surface area (Å²) in [4.78, 5) is 24.6. The minimum atomic E-state index is -4.00. The SMILES string of the molecule is O=C(CCNC(=O)c1ccc(S(=O)(=O)Nc2ccccc2Oc2ccc(Cl)cc2Cl)cc1)NCC1CCNCC1. The topological polar surface area (TPSA) is 126 Å². The highest BCUT2D eigenvalue weighted by Gasteiger charge is 2.19. The Kier molecular flexibility index (Phi) is 10.3. The van der Waals surface area contributed by atoms with E-state index in [-0.39, 0.29) is 45.8 Å². The highest BCUT2D eigenvalue weighted by Crippen LogP contribution is 2.35. The number of hydrogen-bond donors (Lipinski definition) is 4. The summed E-state index contributed by atoms with van der Waals surface area (Å²) in [6, 6.07) is 16.7. The van der Waals surface area contributed by atoms with Gasteiger partial charge in [-0.05, 0) is 86.4 Å². The summed E-state index contributed by atoms with van der Waals surface area (Å²) in [5.41, 5.74) is 0.476. The first-order valence-electron chi connectivity index (χ1n) is 12.8. The molecule has 0 radical (unpaired) electrons. The molecule has 9 nitrogen and oxygen atoms in total. The number of para-hydroxylation sites is 2. The molecule has 4 N–H and O–H groups in total. The van der Waals surface area contributed by atoms with Crippen molar-refractivity contribution < 1.29 is 22.7 Å². The summed E-state index contributed by atoms with van der Waals surface area (Å²) in [5, 5.41) is 9.62. The van der Waals surface area contributed by atoms with Gasteiger partial charge in [-0.15, -0.1) is 0 Å². The van der Waals surface area contributed by atoms with Gasteiger partial charge < -0.3 is 20.7 Å². The Hall–Kier alpha value is -3.31. The second-order valence-electron chi connectivity index (χ2n) is 9.31. The van der Waals surface area contributed by atoms with Gasteiger partial charge in [-0.2, -0.15) is 0 Å². The number of nitrogens with one attached hydrogen (secondary N) is 4. The third-order valence-corrected chi connectivity index (χ3v) is 8.27. The molecule has 1 aliphatic heterocycles. The molecule has 0 unspecified atom stereocenters. The van der Waals surface area contributed by atoms with Crippen LogP contribution in [-0.2, 0) is 14.8 Å². The Bertz CT molecular complexity index is 1450. The molecular formula is C28H30Cl2N4O5S. The van der Waals surface area contributed by atoms with Gasteiger partial charge in [0.1, 0.15) is 5.75 Å². The van der Waals surface area contributed by atoms with Crippen molar-refractivity contribution in [2.45, 2.75) is 24.2 Å². The molecular weight excluding hydrogens is 575 g/mol. The third-order valence-electron chi connectivity index (χ3n) is 6.36. The molecule has 0 aromatic heterocycles. The number of hydrogen-bond acceptors (Lipinski definition) is 6. The molecule has 0 saturated carbocycles. The number of amides is 2. The maximum absolute atomic E-state index is 13.1. The molecule has 4 rings (SSSR count). The van der Waals surface area contributed by atoms with E-state index in [9.17, 15) is 18.0 Å². The van der Waals surface area contributed by atoms with Crippen LogP contribution in [0.3, 0.4) is 0 Å². The van der Waals surface area contributed by atoms with Crippen LogP contribution in [0.25, 0.3) is 0 Å². The molecule has 0 spiro atoms. The van der Waals surface area contributed by atoms with Gasteiger partial charge in [0.05, 0.1) is 15.6 Å². The van der Waals surface area contributed by atoms with E-state index in [0.717, 1.165) is 25.9 Å². The van der Waals surface area contributed by atoms with E-state index in [1.54, 1.807) is 36.4 Å². The standard InChI is InChI=1S/C28H30Cl2N4O5S/c29-21-7-10-25(23(30)17-21)39-26-4-2-1-3-24(26)34-40(37,38)22-8-5-20(6-9-22)28(36)32-16-13-27(35)33-18-19-11-14-31-15-12-19/h1-10,17,19,31,34H,11-16,18H2,(H,32,36)(H,33,35). The van der Waals surface area contributed by atoms with E-state index in [0.29, 0.717) is 23.2 Å². The Balaban J connectivity index is 1.31. The van der Waals surface area contributed by atoms with E-state index in [1.165, 1.54) is 30.3 Å². The lowest BCUT2D eigenvalue weighted by Crippen LogP contribution is -2.37. The van der Waals surface area contributed by atoms with Crippen molar-refractivity contribution in [3.8, 4) is 11.5 Å². The minimum Gasteiger partial charge on any atom is -0.454 e. The van der Waals surface area contributed by atoms with Crippen molar-refractivity contribution in [3.05, 3.63) is 82.3 Å². The second-order valence-corrected chi connectivity index (χ2v) is 11.8. The van der Waals surface area contributed by atoms with Crippen LogP contribution in [0, 0.1) is 5.92 Å². The Morgan fingerprint density at radius 3 is 2.38 bits per heavy atom. The lowest BCUT2D eigenvalue weighted by molar-refractivity contribution is -0.121. The van der Waals surface area contributed by atoms with Crippen LogP contribution in [0.15, 0.2) is 71.6 Å². The van der Waals surface area contributed by atoms with Gasteiger partial charge in [-0.3, -0.25) is 14.3 Å². The van der Waals surface area contributed by atoms with Crippen molar-refractivity contribution in [2.24, 2.45) is 5.92 Å². The van der Waals surface area contributed by atoms with Crippen LogP contribution in [-0.4, -0.2) is 46.4 Å². The number of sulfonamides is 1. The second kappa shape index (κ2) is 13.8. The predicted molar refractivity (Wildman–Crippen MR) is 156 cm³/mol. The van der Waals surface area contributed by atoms with Crippen LogP contribution in [0.5, 0.6) is 11.5 Å². The van der Waals surface area contributed by atoms with E-state index in [4.69, 9.17) is 27.9 Å². The summed E-state index contributed by atoms with van der Waals surface area (Å²) in [7, 11) is -4.00. The van der Waals surface area contributed by atoms with Crippen LogP contribution in [0.4, 0.5) is 5.69 Å². The van der Waals surface area contributed by atoms with Crippen LogP contribution >= 0.6 is 23.2 Å². The summed E-state index contributed by atoms with van der Waals surface area (Å²) < 4.78 is 34.5. The average Bonchev–Trinajstić information content (AvgIpc) is 2.95. The quantitative estimate of drug-likeness (QED) is 0.248. The molecule has 0 bridgehead atoms. The molecule has 0 atom stereocenters. The molecule has 1 aliphatic rings. The summed E-state index contributed by atoms with van der Waals surface area (Å²) in [6.45, 7) is 2.75. The number of benzene rings is 3. The van der Waals surface area contributed by atoms with Crippen molar-refractivity contribution in [3.63, 3.8) is 0 Å². The molecule has 3 aromatic rings. The largest absolute Gasteiger partial charge is 0.454 e. The molecule has 3 aromatic carbocycles. The minimum absolute atomic E-state index is 0.0410. The number of piperidine rings is 1. The molecule has 1 fully saturated rings. The maximum Gasteiger partial charge on any atom is 0.262 e. The van der Waals surface area contributed by atoms with Gasteiger partial charge in [0.25, 0.3) is 15.9 Å². The van der Waals surface area contributed by atoms with Crippen LogP contribution in [0.1, 0.15) is 29.6 Å². The van der Waals surface area contributed by atoms with Gasteiger partial charge in [0, 0.05) is 30.1 Å². The summed E-state index contributed by atoms with van der Waals surface area (Å²) in [6.07, 6.45) is 2.24. The number of carbonyl (C=O) groups is 2. The van der Waals surface area contributed by atoms with E-state index in [1.807, 2.05) is 0 Å². The monoisotopic (exact) mass is 604 g/mol. The van der Waals surface area contributed by atoms with Gasteiger partial charge in [-0.1, -0.05) is 35.3 Å².